The number of nitrogens with one attached hydrogen (secondary N) is 1. The summed E-state index contributed by atoms with van der Waals surface area (Å²) >= 11 is 7.59. The van der Waals surface area contributed by atoms with Gasteiger partial charge in [-0.15, -0.1) is 11.3 Å². The highest BCUT2D eigenvalue weighted by molar-refractivity contribution is 7.92. The number of anilines is 1. The standard InChI is InChI=1S/C17H15ClN2O2S2/c1-11-15(18)4-3-5-17(11)24(21,22)20-14-8-6-13(7-9-14)16-10-23-12(2)19-16/h3-10,20H,1-2H3. The molecule has 0 radical (unpaired) electrons. The minimum Gasteiger partial charge on any atom is -0.280 e. The van der Waals surface area contributed by atoms with Gasteiger partial charge >= 0.3 is 0 Å². The van der Waals surface area contributed by atoms with Crippen LogP contribution in [0.5, 0.6) is 0 Å². The van der Waals surface area contributed by atoms with E-state index in [-0.39, 0.29) is 4.90 Å². The van der Waals surface area contributed by atoms with Crippen LogP contribution in [0, 0.1) is 13.8 Å². The Morgan fingerprint density at radius 2 is 1.79 bits per heavy atom. The highest BCUT2D eigenvalue weighted by Gasteiger charge is 2.18. The van der Waals surface area contributed by atoms with Crippen LogP contribution in [0.2, 0.25) is 5.02 Å². The molecule has 3 rings (SSSR count). The zero-order valence-electron chi connectivity index (χ0n) is 13.1. The van der Waals surface area contributed by atoms with Crippen LogP contribution in [-0.4, -0.2) is 13.4 Å². The van der Waals surface area contributed by atoms with Gasteiger partial charge in [0, 0.05) is 21.7 Å². The van der Waals surface area contributed by atoms with Crippen molar-refractivity contribution in [2.45, 2.75) is 18.7 Å². The van der Waals surface area contributed by atoms with E-state index < -0.39 is 10.0 Å². The summed E-state index contributed by atoms with van der Waals surface area (Å²) in [5.74, 6) is 0. The first-order chi connectivity index (χ1) is 11.4. The van der Waals surface area contributed by atoms with Gasteiger partial charge in [0.2, 0.25) is 0 Å². The van der Waals surface area contributed by atoms with Crippen molar-refractivity contribution in [3.05, 3.63) is 63.4 Å². The molecule has 0 spiro atoms. The molecule has 0 aliphatic heterocycles. The lowest BCUT2D eigenvalue weighted by Gasteiger charge is -2.11. The first kappa shape index (κ1) is 17.0. The summed E-state index contributed by atoms with van der Waals surface area (Å²) in [4.78, 5) is 4.59. The van der Waals surface area contributed by atoms with Crippen LogP contribution < -0.4 is 4.72 Å². The van der Waals surface area contributed by atoms with Crippen LogP contribution in [0.1, 0.15) is 10.6 Å². The highest BCUT2D eigenvalue weighted by atomic mass is 35.5. The Balaban J connectivity index is 1.86. The third kappa shape index (κ3) is 3.45. The molecule has 0 bridgehead atoms. The lowest BCUT2D eigenvalue weighted by atomic mass is 10.1. The van der Waals surface area contributed by atoms with Gasteiger partial charge in [0.25, 0.3) is 10.0 Å². The Hall–Kier alpha value is -1.89. The minimum atomic E-state index is -3.69. The summed E-state index contributed by atoms with van der Waals surface area (Å²) in [5.41, 5.74) is 2.85. The number of sulfonamides is 1. The topological polar surface area (TPSA) is 59.1 Å². The lowest BCUT2D eigenvalue weighted by Crippen LogP contribution is -2.14. The van der Waals surface area contributed by atoms with Gasteiger partial charge in [-0.2, -0.15) is 0 Å². The Morgan fingerprint density at radius 3 is 2.42 bits per heavy atom. The van der Waals surface area contributed by atoms with E-state index in [1.54, 1.807) is 42.5 Å². The fraction of sp³-hybridized carbons (Fsp3) is 0.118. The maximum absolute atomic E-state index is 12.6. The molecule has 0 amide bonds. The zero-order valence-corrected chi connectivity index (χ0v) is 15.5. The molecule has 0 unspecified atom stereocenters. The van der Waals surface area contributed by atoms with Gasteiger partial charge in [0.15, 0.2) is 0 Å². The van der Waals surface area contributed by atoms with E-state index in [0.29, 0.717) is 16.3 Å². The summed E-state index contributed by atoms with van der Waals surface area (Å²) in [6.07, 6.45) is 0. The molecular weight excluding hydrogens is 364 g/mol. The largest absolute Gasteiger partial charge is 0.280 e. The Labute approximate surface area is 150 Å². The summed E-state index contributed by atoms with van der Waals surface area (Å²) in [5, 5.41) is 3.39. The van der Waals surface area contributed by atoms with Crippen molar-refractivity contribution in [3.8, 4) is 11.3 Å². The highest BCUT2D eigenvalue weighted by Crippen LogP contribution is 2.26. The molecule has 24 heavy (non-hydrogen) atoms. The first-order valence-electron chi connectivity index (χ1n) is 7.17. The maximum atomic E-state index is 12.6. The number of benzene rings is 2. The number of aryl methyl sites for hydroxylation is 1. The summed E-state index contributed by atoms with van der Waals surface area (Å²) in [6, 6.07) is 12.0. The van der Waals surface area contributed by atoms with Crippen LogP contribution in [-0.2, 0) is 10.0 Å². The quantitative estimate of drug-likeness (QED) is 0.703. The van der Waals surface area contributed by atoms with Crippen molar-refractivity contribution in [2.75, 3.05) is 4.72 Å². The predicted molar refractivity (Wildman–Crippen MR) is 99.3 cm³/mol. The van der Waals surface area contributed by atoms with E-state index in [4.69, 9.17) is 11.6 Å². The molecule has 0 atom stereocenters. The van der Waals surface area contributed by atoms with Crippen molar-refractivity contribution < 1.29 is 8.42 Å². The second-order valence-corrected chi connectivity index (χ2v) is 8.42. The van der Waals surface area contributed by atoms with Crippen LogP contribution in [0.15, 0.2) is 52.7 Å². The summed E-state index contributed by atoms with van der Waals surface area (Å²) in [7, 11) is -3.69. The van der Waals surface area contributed by atoms with Gasteiger partial charge < -0.3 is 0 Å². The lowest BCUT2D eigenvalue weighted by molar-refractivity contribution is 0.600. The van der Waals surface area contributed by atoms with E-state index in [1.807, 2.05) is 24.4 Å². The molecular formula is C17H15ClN2O2S2. The van der Waals surface area contributed by atoms with Crippen molar-refractivity contribution in [1.82, 2.24) is 4.98 Å². The predicted octanol–water partition coefficient (Wildman–Crippen LogP) is 4.88. The normalized spacial score (nSPS) is 11.5. The van der Waals surface area contributed by atoms with E-state index in [1.165, 1.54) is 6.07 Å². The molecule has 124 valence electrons. The van der Waals surface area contributed by atoms with Crippen LogP contribution >= 0.6 is 22.9 Å². The first-order valence-corrected chi connectivity index (χ1v) is 9.91. The number of hydrogen-bond acceptors (Lipinski definition) is 4. The van der Waals surface area contributed by atoms with Crippen molar-refractivity contribution in [3.63, 3.8) is 0 Å². The number of nitrogens with zero attached hydrogens (tertiary/aromatic N) is 1. The number of aromatic nitrogens is 1. The Kier molecular flexibility index (Phi) is 4.62. The average molecular weight is 379 g/mol. The van der Waals surface area contributed by atoms with Gasteiger partial charge in [-0.05, 0) is 43.7 Å². The van der Waals surface area contributed by atoms with E-state index in [0.717, 1.165) is 16.3 Å². The molecule has 0 aliphatic rings. The van der Waals surface area contributed by atoms with Gasteiger partial charge in [-0.1, -0.05) is 29.8 Å². The monoisotopic (exact) mass is 378 g/mol. The molecule has 0 saturated heterocycles. The number of rotatable bonds is 4. The van der Waals surface area contributed by atoms with E-state index in [2.05, 4.69) is 9.71 Å². The fourth-order valence-electron chi connectivity index (χ4n) is 2.29. The molecule has 1 aromatic heterocycles. The smallest absolute Gasteiger partial charge is 0.262 e. The fourth-order valence-corrected chi connectivity index (χ4v) is 4.47. The molecule has 1 heterocycles. The summed E-state index contributed by atoms with van der Waals surface area (Å²) in [6.45, 7) is 3.63. The number of halogens is 1. The second kappa shape index (κ2) is 6.55. The molecule has 7 heteroatoms. The van der Waals surface area contributed by atoms with Gasteiger partial charge in [-0.25, -0.2) is 13.4 Å². The Morgan fingerprint density at radius 1 is 1.08 bits per heavy atom. The SMILES string of the molecule is Cc1nc(-c2ccc(NS(=O)(=O)c3cccc(Cl)c3C)cc2)cs1. The zero-order chi connectivity index (χ0) is 17.3. The van der Waals surface area contributed by atoms with Gasteiger partial charge in [0.1, 0.15) is 0 Å². The maximum Gasteiger partial charge on any atom is 0.262 e. The number of hydrogen-bond donors (Lipinski definition) is 1. The second-order valence-electron chi connectivity index (χ2n) is 5.30. The molecule has 0 aliphatic carbocycles. The van der Waals surface area contributed by atoms with Crippen molar-refractivity contribution >= 4 is 38.6 Å². The van der Waals surface area contributed by atoms with Crippen molar-refractivity contribution in [1.29, 1.82) is 0 Å². The number of thiazole rings is 1. The molecule has 0 fully saturated rings. The van der Waals surface area contributed by atoms with Gasteiger partial charge in [-0.3, -0.25) is 4.72 Å². The summed E-state index contributed by atoms with van der Waals surface area (Å²) < 4.78 is 27.7. The molecule has 0 saturated carbocycles. The van der Waals surface area contributed by atoms with Crippen molar-refractivity contribution in [2.24, 2.45) is 0 Å². The molecule has 3 aromatic rings. The Bertz CT molecular complexity index is 980. The van der Waals surface area contributed by atoms with Crippen LogP contribution in [0.4, 0.5) is 5.69 Å². The van der Waals surface area contributed by atoms with E-state index in [9.17, 15) is 8.42 Å². The molecule has 4 nitrogen and oxygen atoms in total. The minimum absolute atomic E-state index is 0.175. The van der Waals surface area contributed by atoms with E-state index >= 15 is 0 Å². The molecule has 2 aromatic carbocycles. The average Bonchev–Trinajstić information content (AvgIpc) is 2.97. The third-order valence-corrected chi connectivity index (χ3v) is 6.27. The molecule has 1 N–H and O–H groups in total. The third-order valence-electron chi connectivity index (χ3n) is 3.56. The van der Waals surface area contributed by atoms with Crippen LogP contribution in [0.25, 0.3) is 11.3 Å². The van der Waals surface area contributed by atoms with Crippen LogP contribution in [0.3, 0.4) is 0 Å². The van der Waals surface area contributed by atoms with Gasteiger partial charge in [0.05, 0.1) is 15.6 Å².